The van der Waals surface area contributed by atoms with Crippen LogP contribution in [0.5, 0.6) is 0 Å². The minimum Gasteiger partial charge on any atom is -0.378 e. The number of amides is 2. The van der Waals surface area contributed by atoms with Gasteiger partial charge in [0.15, 0.2) is 0 Å². The van der Waals surface area contributed by atoms with Crippen LogP contribution in [0.3, 0.4) is 0 Å². The van der Waals surface area contributed by atoms with Crippen LogP contribution in [0.4, 0.5) is 4.79 Å². The molecule has 0 spiro atoms. The molecule has 2 amide bonds. The number of carbonyl (C=O) groups is 1. The van der Waals surface area contributed by atoms with Gasteiger partial charge in [0.25, 0.3) is 0 Å². The molecule has 24 heavy (non-hydrogen) atoms. The van der Waals surface area contributed by atoms with Gasteiger partial charge in [-0.2, -0.15) is 0 Å². The topological polar surface area (TPSA) is 50.4 Å². The second-order valence-electron chi connectivity index (χ2n) is 6.98. The van der Waals surface area contributed by atoms with Crippen LogP contribution >= 0.6 is 0 Å². The number of benzene rings is 2. The van der Waals surface area contributed by atoms with Gasteiger partial charge in [0.05, 0.1) is 6.10 Å². The predicted molar refractivity (Wildman–Crippen MR) is 94.8 cm³/mol. The second kappa shape index (κ2) is 6.81. The number of hydrogen-bond donors (Lipinski definition) is 2. The molecule has 126 valence electrons. The molecule has 4 nitrogen and oxygen atoms in total. The van der Waals surface area contributed by atoms with E-state index >= 15 is 0 Å². The Morgan fingerprint density at radius 1 is 1.08 bits per heavy atom. The molecule has 2 aromatic rings. The highest BCUT2D eigenvalue weighted by molar-refractivity contribution is 5.83. The molecule has 4 rings (SSSR count). The molecule has 0 aromatic heterocycles. The Balaban J connectivity index is 1.29. The molecule has 2 N–H and O–H groups in total. The van der Waals surface area contributed by atoms with E-state index in [9.17, 15) is 4.79 Å². The molecular formula is C20H24N2O2. The molecule has 0 radical (unpaired) electrons. The van der Waals surface area contributed by atoms with Gasteiger partial charge in [0.1, 0.15) is 0 Å². The molecule has 2 fully saturated rings. The summed E-state index contributed by atoms with van der Waals surface area (Å²) in [5, 5.41) is 8.51. The Labute approximate surface area is 142 Å². The summed E-state index contributed by atoms with van der Waals surface area (Å²) in [7, 11) is 0. The lowest BCUT2D eigenvalue weighted by Crippen LogP contribution is -2.46. The molecule has 1 aliphatic heterocycles. The lowest BCUT2D eigenvalue weighted by molar-refractivity contribution is -0.00914. The predicted octanol–water partition coefficient (Wildman–Crippen LogP) is 3.60. The Kier molecular flexibility index (Phi) is 4.39. The van der Waals surface area contributed by atoms with Crippen molar-refractivity contribution in [3.8, 4) is 0 Å². The average molecular weight is 324 g/mol. The summed E-state index contributed by atoms with van der Waals surface area (Å²) in [4.78, 5) is 12.2. The van der Waals surface area contributed by atoms with Crippen LogP contribution in [0.2, 0.25) is 0 Å². The zero-order valence-electron chi connectivity index (χ0n) is 13.8. The van der Waals surface area contributed by atoms with Crippen molar-refractivity contribution in [3.05, 3.63) is 48.0 Å². The Hall–Kier alpha value is -2.07. The zero-order valence-corrected chi connectivity index (χ0v) is 13.8. The second-order valence-corrected chi connectivity index (χ2v) is 6.98. The lowest BCUT2D eigenvalue weighted by Gasteiger charge is -2.30. The number of rotatable bonds is 4. The molecule has 1 aliphatic carbocycles. The van der Waals surface area contributed by atoms with Crippen molar-refractivity contribution in [3.63, 3.8) is 0 Å². The number of urea groups is 1. The van der Waals surface area contributed by atoms with E-state index in [1.807, 2.05) is 12.1 Å². The fraction of sp³-hybridized carbons (Fsp3) is 0.450. The molecule has 2 aromatic carbocycles. The summed E-state index contributed by atoms with van der Waals surface area (Å²) < 4.78 is 5.81. The van der Waals surface area contributed by atoms with Crippen molar-refractivity contribution < 1.29 is 9.53 Å². The molecule has 2 atom stereocenters. The maximum atomic E-state index is 12.2. The first-order chi connectivity index (χ1) is 11.8. The third-order valence-electron chi connectivity index (χ3n) is 5.07. The fourth-order valence-electron chi connectivity index (χ4n) is 3.52. The monoisotopic (exact) mass is 324 g/mol. The van der Waals surface area contributed by atoms with E-state index in [-0.39, 0.29) is 12.1 Å². The molecule has 1 heterocycles. The number of fused-ring (bicyclic) bond motifs is 1. The minimum atomic E-state index is -0.0791. The molecule has 2 aliphatic rings. The van der Waals surface area contributed by atoms with E-state index in [4.69, 9.17) is 4.74 Å². The highest BCUT2D eigenvalue weighted by Crippen LogP contribution is 2.38. The van der Waals surface area contributed by atoms with Gasteiger partial charge in [0.2, 0.25) is 0 Å². The number of hydrogen-bond acceptors (Lipinski definition) is 2. The lowest BCUT2D eigenvalue weighted by atomic mass is 10.0. The van der Waals surface area contributed by atoms with Crippen molar-refractivity contribution in [1.82, 2.24) is 10.6 Å². The van der Waals surface area contributed by atoms with Gasteiger partial charge in [-0.25, -0.2) is 4.79 Å². The highest BCUT2D eigenvalue weighted by atomic mass is 16.5. The van der Waals surface area contributed by atoms with Gasteiger partial charge in [-0.3, -0.25) is 0 Å². The summed E-state index contributed by atoms with van der Waals surface area (Å²) in [5.74, 6) is 0.732. The van der Waals surface area contributed by atoms with Crippen molar-refractivity contribution >= 4 is 16.8 Å². The van der Waals surface area contributed by atoms with Gasteiger partial charge in [-0.15, -0.1) is 0 Å². The van der Waals surface area contributed by atoms with Gasteiger partial charge in [0, 0.05) is 19.2 Å². The van der Waals surface area contributed by atoms with Crippen LogP contribution in [0.25, 0.3) is 10.8 Å². The number of nitrogens with one attached hydrogen (secondary N) is 2. The quantitative estimate of drug-likeness (QED) is 0.903. The molecule has 1 saturated carbocycles. The molecular weight excluding hydrogens is 300 g/mol. The van der Waals surface area contributed by atoms with Gasteiger partial charge in [-0.05, 0) is 54.0 Å². The summed E-state index contributed by atoms with van der Waals surface area (Å²) in [6, 6.07) is 14.7. The SMILES string of the molecule is O=C(NCc1ccc2ccccc2c1)N[C@@H]1CCO[C@@H](C2CC2)C1. The maximum absolute atomic E-state index is 12.2. The fourth-order valence-corrected chi connectivity index (χ4v) is 3.52. The Morgan fingerprint density at radius 2 is 1.92 bits per heavy atom. The van der Waals surface area contributed by atoms with E-state index < -0.39 is 0 Å². The van der Waals surface area contributed by atoms with Gasteiger partial charge < -0.3 is 15.4 Å². The van der Waals surface area contributed by atoms with Crippen molar-refractivity contribution in [2.24, 2.45) is 5.92 Å². The van der Waals surface area contributed by atoms with E-state index in [1.165, 1.54) is 23.6 Å². The third-order valence-corrected chi connectivity index (χ3v) is 5.07. The normalized spacial score (nSPS) is 23.8. The van der Waals surface area contributed by atoms with Crippen molar-refractivity contribution in [2.45, 2.75) is 44.4 Å². The van der Waals surface area contributed by atoms with Gasteiger partial charge in [-0.1, -0.05) is 36.4 Å². The van der Waals surface area contributed by atoms with Crippen LogP contribution in [-0.4, -0.2) is 24.8 Å². The summed E-state index contributed by atoms with van der Waals surface area (Å²) >= 11 is 0. The Bertz CT molecular complexity index is 726. The van der Waals surface area contributed by atoms with Crippen LogP contribution in [0, 0.1) is 5.92 Å². The van der Waals surface area contributed by atoms with Crippen molar-refractivity contribution in [1.29, 1.82) is 0 Å². The Morgan fingerprint density at radius 3 is 2.75 bits per heavy atom. The number of ether oxygens (including phenoxy) is 1. The molecule has 0 unspecified atom stereocenters. The zero-order chi connectivity index (χ0) is 16.4. The molecule has 0 bridgehead atoms. The van der Waals surface area contributed by atoms with Crippen molar-refractivity contribution in [2.75, 3.05) is 6.61 Å². The van der Waals surface area contributed by atoms with E-state index in [1.54, 1.807) is 0 Å². The first-order valence-corrected chi connectivity index (χ1v) is 8.91. The first-order valence-electron chi connectivity index (χ1n) is 8.91. The molecule has 1 saturated heterocycles. The molecule has 4 heteroatoms. The maximum Gasteiger partial charge on any atom is 0.315 e. The largest absolute Gasteiger partial charge is 0.378 e. The number of carbonyl (C=O) groups excluding carboxylic acids is 1. The smallest absolute Gasteiger partial charge is 0.315 e. The highest BCUT2D eigenvalue weighted by Gasteiger charge is 2.36. The van der Waals surface area contributed by atoms with Crippen LogP contribution < -0.4 is 10.6 Å². The van der Waals surface area contributed by atoms with Crippen LogP contribution in [-0.2, 0) is 11.3 Å². The minimum absolute atomic E-state index is 0.0791. The summed E-state index contributed by atoms with van der Waals surface area (Å²) in [5.41, 5.74) is 1.12. The first kappa shape index (κ1) is 15.5. The summed E-state index contributed by atoms with van der Waals surface area (Å²) in [6.07, 6.45) is 4.78. The summed E-state index contributed by atoms with van der Waals surface area (Å²) in [6.45, 7) is 1.31. The van der Waals surface area contributed by atoms with E-state index in [0.29, 0.717) is 12.6 Å². The van der Waals surface area contributed by atoms with E-state index in [2.05, 4.69) is 41.0 Å². The van der Waals surface area contributed by atoms with Crippen LogP contribution in [0.15, 0.2) is 42.5 Å². The van der Waals surface area contributed by atoms with Gasteiger partial charge >= 0.3 is 6.03 Å². The van der Waals surface area contributed by atoms with E-state index in [0.717, 1.165) is 30.9 Å². The average Bonchev–Trinajstić information content (AvgIpc) is 3.45. The standard InChI is InChI=1S/C20H24N2O2/c23-20(22-18-9-10-24-19(12-18)16-7-8-16)21-13-14-5-6-15-3-1-2-4-17(15)11-14/h1-6,11,16,18-19H,7-10,12-13H2,(H2,21,22,23)/t18-,19-/m1/s1. The third kappa shape index (κ3) is 3.70. The van der Waals surface area contributed by atoms with Crippen LogP contribution in [0.1, 0.15) is 31.2 Å².